The van der Waals surface area contributed by atoms with Crippen LogP contribution in [0.25, 0.3) is 0 Å². The topological polar surface area (TPSA) is 61.4 Å². The molecule has 0 spiro atoms. The average Bonchev–Trinajstić information content (AvgIpc) is 2.64. The highest BCUT2D eigenvalue weighted by molar-refractivity contribution is 5.93. The minimum atomic E-state index is -0.0725. The lowest BCUT2D eigenvalue weighted by Crippen LogP contribution is -2.46. The zero-order valence-corrected chi connectivity index (χ0v) is 14.0. The van der Waals surface area contributed by atoms with Crippen molar-refractivity contribution in [1.82, 2.24) is 20.2 Å². The Labute approximate surface area is 142 Å². The van der Waals surface area contributed by atoms with Crippen LogP contribution in [-0.2, 0) is 6.54 Å². The molecule has 2 aromatic rings. The van der Waals surface area contributed by atoms with Gasteiger partial charge in [0, 0.05) is 51.7 Å². The van der Waals surface area contributed by atoms with Gasteiger partial charge >= 0.3 is 0 Å². The lowest BCUT2D eigenvalue weighted by molar-refractivity contribution is 0.0955. The monoisotopic (exact) mass is 325 g/mol. The molecule has 0 aliphatic carbocycles. The van der Waals surface area contributed by atoms with Crippen LogP contribution < -0.4 is 10.2 Å². The van der Waals surface area contributed by atoms with Crippen molar-refractivity contribution in [3.8, 4) is 0 Å². The van der Waals surface area contributed by atoms with Gasteiger partial charge in [-0.2, -0.15) is 0 Å². The first kappa shape index (κ1) is 16.4. The molecule has 6 nitrogen and oxygen atoms in total. The lowest BCUT2D eigenvalue weighted by Gasteiger charge is -2.35. The van der Waals surface area contributed by atoms with Gasteiger partial charge in [-0.05, 0) is 31.2 Å². The number of nitrogens with zero attached hydrogens (tertiary/aromatic N) is 4. The molecule has 1 amide bonds. The summed E-state index contributed by atoms with van der Waals surface area (Å²) in [6.45, 7) is 7.24. The zero-order valence-electron chi connectivity index (χ0n) is 14.0. The van der Waals surface area contributed by atoms with Gasteiger partial charge in [-0.1, -0.05) is 6.07 Å². The van der Waals surface area contributed by atoms with E-state index in [0.717, 1.165) is 44.2 Å². The Hall–Kier alpha value is -2.47. The van der Waals surface area contributed by atoms with Gasteiger partial charge in [-0.3, -0.25) is 14.7 Å². The molecule has 0 aromatic carbocycles. The number of rotatable bonds is 5. The first-order valence-corrected chi connectivity index (χ1v) is 8.37. The maximum Gasteiger partial charge on any atom is 0.252 e. The number of amides is 1. The highest BCUT2D eigenvalue weighted by Gasteiger charge is 2.18. The molecule has 0 atom stereocenters. The molecule has 1 aliphatic rings. The molecule has 1 saturated heterocycles. The van der Waals surface area contributed by atoms with Crippen LogP contribution in [0.15, 0.2) is 42.7 Å². The zero-order chi connectivity index (χ0) is 16.8. The summed E-state index contributed by atoms with van der Waals surface area (Å²) in [5, 5.41) is 2.78. The quantitative estimate of drug-likeness (QED) is 0.904. The smallest absolute Gasteiger partial charge is 0.252 e. The van der Waals surface area contributed by atoms with Gasteiger partial charge in [-0.15, -0.1) is 0 Å². The molecule has 3 heterocycles. The third-order valence-corrected chi connectivity index (χ3v) is 4.16. The minimum absolute atomic E-state index is 0.0725. The summed E-state index contributed by atoms with van der Waals surface area (Å²) in [6, 6.07) is 9.80. The van der Waals surface area contributed by atoms with Crippen LogP contribution in [-0.4, -0.2) is 53.5 Å². The van der Waals surface area contributed by atoms with Gasteiger partial charge in [0.05, 0.1) is 11.3 Å². The molecule has 6 heteroatoms. The van der Waals surface area contributed by atoms with E-state index in [1.165, 1.54) is 0 Å². The van der Waals surface area contributed by atoms with E-state index < -0.39 is 0 Å². The van der Waals surface area contributed by atoms with Crippen molar-refractivity contribution >= 4 is 11.7 Å². The molecule has 24 heavy (non-hydrogen) atoms. The Morgan fingerprint density at radius 1 is 1.12 bits per heavy atom. The van der Waals surface area contributed by atoms with E-state index in [-0.39, 0.29) is 5.91 Å². The van der Waals surface area contributed by atoms with Crippen molar-refractivity contribution in [3.63, 3.8) is 0 Å². The lowest BCUT2D eigenvalue weighted by atomic mass is 10.2. The van der Waals surface area contributed by atoms with Crippen LogP contribution in [0, 0.1) is 0 Å². The van der Waals surface area contributed by atoms with Crippen LogP contribution in [0.2, 0.25) is 0 Å². The van der Waals surface area contributed by atoms with Gasteiger partial charge in [0.25, 0.3) is 5.91 Å². The normalized spacial score (nSPS) is 15.3. The number of anilines is 1. The maximum absolute atomic E-state index is 11.8. The van der Waals surface area contributed by atoms with E-state index in [0.29, 0.717) is 12.1 Å². The summed E-state index contributed by atoms with van der Waals surface area (Å²) in [5.74, 6) is 0.859. The van der Waals surface area contributed by atoms with Crippen molar-refractivity contribution in [3.05, 3.63) is 54.0 Å². The van der Waals surface area contributed by atoms with Gasteiger partial charge in [0.1, 0.15) is 5.82 Å². The first-order chi connectivity index (χ1) is 11.8. The molecule has 3 rings (SSSR count). The molecule has 1 aliphatic heterocycles. The number of carbonyl (C=O) groups is 1. The predicted octanol–water partition coefficient (Wildman–Crippen LogP) is 1.55. The summed E-state index contributed by atoms with van der Waals surface area (Å²) in [7, 11) is 0. The second kappa shape index (κ2) is 7.88. The van der Waals surface area contributed by atoms with Crippen LogP contribution in [0.5, 0.6) is 0 Å². The summed E-state index contributed by atoms with van der Waals surface area (Å²) in [4.78, 5) is 25.3. The number of nitrogens with one attached hydrogen (secondary N) is 1. The third kappa shape index (κ3) is 4.08. The summed E-state index contributed by atoms with van der Waals surface area (Å²) >= 11 is 0. The highest BCUT2D eigenvalue weighted by Crippen LogP contribution is 2.15. The molecule has 0 bridgehead atoms. The standard InChI is InChI=1S/C18H23N5O/c1-2-19-18(24)15-6-7-17(21-13-15)23-11-9-22(10-12-23)14-16-5-3-4-8-20-16/h3-8,13H,2,9-12,14H2,1H3,(H,19,24). The van der Waals surface area contributed by atoms with Gasteiger partial charge in [0.15, 0.2) is 0 Å². The Balaban J connectivity index is 1.54. The highest BCUT2D eigenvalue weighted by atomic mass is 16.1. The number of piperazine rings is 1. The molecule has 126 valence electrons. The van der Waals surface area contributed by atoms with Crippen molar-refractivity contribution in [2.24, 2.45) is 0 Å². The molecule has 0 radical (unpaired) electrons. The number of hydrogen-bond acceptors (Lipinski definition) is 5. The van der Waals surface area contributed by atoms with Crippen LogP contribution >= 0.6 is 0 Å². The van der Waals surface area contributed by atoms with E-state index in [4.69, 9.17) is 0 Å². The molecular weight excluding hydrogens is 302 g/mol. The summed E-state index contributed by atoms with van der Waals surface area (Å²) in [5.41, 5.74) is 1.71. The maximum atomic E-state index is 11.8. The van der Waals surface area contributed by atoms with Crippen LogP contribution in [0.3, 0.4) is 0 Å². The van der Waals surface area contributed by atoms with Crippen molar-refractivity contribution in [2.45, 2.75) is 13.5 Å². The molecule has 1 N–H and O–H groups in total. The second-order valence-corrected chi connectivity index (χ2v) is 5.85. The molecule has 0 saturated carbocycles. The first-order valence-electron chi connectivity index (χ1n) is 8.37. The van der Waals surface area contributed by atoms with E-state index in [9.17, 15) is 4.79 Å². The van der Waals surface area contributed by atoms with Crippen LogP contribution in [0.1, 0.15) is 23.0 Å². The van der Waals surface area contributed by atoms with Crippen molar-refractivity contribution in [1.29, 1.82) is 0 Å². The number of pyridine rings is 2. The summed E-state index contributed by atoms with van der Waals surface area (Å²) in [6.07, 6.45) is 3.49. The molecule has 1 fully saturated rings. The SMILES string of the molecule is CCNC(=O)c1ccc(N2CCN(Cc3ccccn3)CC2)nc1. The largest absolute Gasteiger partial charge is 0.354 e. The predicted molar refractivity (Wildman–Crippen MR) is 94.0 cm³/mol. The molecule has 0 unspecified atom stereocenters. The Morgan fingerprint density at radius 3 is 2.58 bits per heavy atom. The fourth-order valence-corrected chi connectivity index (χ4v) is 2.83. The Kier molecular flexibility index (Phi) is 5.38. The second-order valence-electron chi connectivity index (χ2n) is 5.85. The fourth-order valence-electron chi connectivity index (χ4n) is 2.83. The van der Waals surface area contributed by atoms with Gasteiger partial charge in [0.2, 0.25) is 0 Å². The van der Waals surface area contributed by atoms with Crippen molar-refractivity contribution in [2.75, 3.05) is 37.6 Å². The van der Waals surface area contributed by atoms with Gasteiger partial charge < -0.3 is 10.2 Å². The van der Waals surface area contributed by atoms with E-state index in [1.54, 1.807) is 6.20 Å². The number of aromatic nitrogens is 2. The molecular formula is C18H23N5O. The average molecular weight is 325 g/mol. The molecule has 2 aromatic heterocycles. The Morgan fingerprint density at radius 2 is 1.96 bits per heavy atom. The number of carbonyl (C=O) groups excluding carboxylic acids is 1. The fraction of sp³-hybridized carbons (Fsp3) is 0.389. The van der Waals surface area contributed by atoms with E-state index in [1.807, 2.05) is 37.4 Å². The number of hydrogen-bond donors (Lipinski definition) is 1. The van der Waals surface area contributed by atoms with E-state index in [2.05, 4.69) is 31.2 Å². The Bertz CT molecular complexity index is 651. The van der Waals surface area contributed by atoms with Crippen LogP contribution in [0.4, 0.5) is 5.82 Å². The van der Waals surface area contributed by atoms with Gasteiger partial charge in [-0.25, -0.2) is 4.98 Å². The summed E-state index contributed by atoms with van der Waals surface area (Å²) < 4.78 is 0. The van der Waals surface area contributed by atoms with E-state index >= 15 is 0 Å². The van der Waals surface area contributed by atoms with Crippen molar-refractivity contribution < 1.29 is 4.79 Å². The third-order valence-electron chi connectivity index (χ3n) is 4.16. The minimum Gasteiger partial charge on any atom is -0.354 e.